The van der Waals surface area contributed by atoms with E-state index in [1.54, 1.807) is 6.92 Å². The van der Waals surface area contributed by atoms with Crippen LogP contribution in [0.3, 0.4) is 0 Å². The molecule has 1 aliphatic rings. The van der Waals surface area contributed by atoms with Crippen LogP contribution in [-0.2, 0) is 10.0 Å². The normalized spacial score (nSPS) is 20.2. The highest BCUT2D eigenvalue weighted by Gasteiger charge is 2.22. The van der Waals surface area contributed by atoms with Crippen LogP contribution in [0.2, 0.25) is 0 Å². The fourth-order valence-corrected chi connectivity index (χ4v) is 4.11. The molecule has 1 unspecified atom stereocenters. The van der Waals surface area contributed by atoms with E-state index in [1.165, 1.54) is 0 Å². The second kappa shape index (κ2) is 7.72. The summed E-state index contributed by atoms with van der Waals surface area (Å²) in [4.78, 5) is 0. The Bertz CT molecular complexity index is 325. The molecule has 0 aromatic heterocycles. The molecule has 0 amide bonds. The third kappa shape index (κ3) is 5.91. The van der Waals surface area contributed by atoms with Crippen molar-refractivity contribution in [3.05, 3.63) is 0 Å². The van der Waals surface area contributed by atoms with Gasteiger partial charge in [0.2, 0.25) is 10.0 Å². The molecule has 0 aliphatic carbocycles. The third-order valence-electron chi connectivity index (χ3n) is 3.26. The van der Waals surface area contributed by atoms with Gasteiger partial charge in [-0.05, 0) is 37.2 Å². The smallest absolute Gasteiger partial charge is 0.215 e. The van der Waals surface area contributed by atoms with E-state index in [2.05, 4.69) is 10.0 Å². The van der Waals surface area contributed by atoms with E-state index in [0.29, 0.717) is 25.0 Å². The van der Waals surface area contributed by atoms with Gasteiger partial charge in [0, 0.05) is 19.1 Å². The van der Waals surface area contributed by atoms with Crippen molar-refractivity contribution in [2.45, 2.75) is 44.9 Å². The minimum Gasteiger partial charge on any atom is -0.313 e. The van der Waals surface area contributed by atoms with Gasteiger partial charge in [0.25, 0.3) is 0 Å². The molecule has 1 saturated heterocycles. The molecule has 1 heterocycles. The predicted molar refractivity (Wildman–Crippen MR) is 79.6 cm³/mol. The van der Waals surface area contributed by atoms with Crippen LogP contribution in [0.1, 0.15) is 33.6 Å². The van der Waals surface area contributed by atoms with E-state index in [1.807, 2.05) is 25.6 Å². The van der Waals surface area contributed by atoms with E-state index in [9.17, 15) is 8.42 Å². The Morgan fingerprint density at radius 1 is 1.22 bits per heavy atom. The van der Waals surface area contributed by atoms with Crippen molar-refractivity contribution in [1.29, 1.82) is 0 Å². The van der Waals surface area contributed by atoms with Gasteiger partial charge in [0.05, 0.1) is 5.25 Å². The summed E-state index contributed by atoms with van der Waals surface area (Å²) in [6.45, 7) is 6.91. The largest absolute Gasteiger partial charge is 0.313 e. The van der Waals surface area contributed by atoms with Crippen LogP contribution >= 0.6 is 11.8 Å². The average Bonchev–Trinajstić information content (AvgIpc) is 2.34. The quantitative estimate of drug-likeness (QED) is 0.746. The zero-order valence-electron chi connectivity index (χ0n) is 11.6. The summed E-state index contributed by atoms with van der Waals surface area (Å²) in [6, 6.07) is 0.318. The molecule has 0 bridgehead atoms. The van der Waals surface area contributed by atoms with Gasteiger partial charge in [-0.15, -0.1) is 0 Å². The second-order valence-electron chi connectivity index (χ2n) is 5.32. The number of rotatable bonds is 7. The molecular formula is C12H26N2O2S2. The Morgan fingerprint density at radius 2 is 1.83 bits per heavy atom. The van der Waals surface area contributed by atoms with Crippen molar-refractivity contribution in [3.8, 4) is 0 Å². The zero-order chi connectivity index (χ0) is 13.6. The number of sulfonamides is 1. The Hall–Kier alpha value is 0.220. The zero-order valence-corrected chi connectivity index (χ0v) is 13.2. The molecule has 0 spiro atoms. The highest BCUT2D eigenvalue weighted by Crippen LogP contribution is 2.22. The number of thioether (sulfide) groups is 1. The van der Waals surface area contributed by atoms with Gasteiger partial charge in [-0.3, -0.25) is 0 Å². The lowest BCUT2D eigenvalue weighted by atomic mass is 10.0. The van der Waals surface area contributed by atoms with E-state index in [-0.39, 0.29) is 5.25 Å². The molecule has 4 nitrogen and oxygen atoms in total. The minimum absolute atomic E-state index is 0.318. The highest BCUT2D eigenvalue weighted by atomic mass is 32.2. The first-order chi connectivity index (χ1) is 8.42. The van der Waals surface area contributed by atoms with Gasteiger partial charge < -0.3 is 5.32 Å². The molecule has 1 atom stereocenters. The maximum absolute atomic E-state index is 12.0. The van der Waals surface area contributed by atoms with Crippen molar-refractivity contribution in [2.75, 3.05) is 24.6 Å². The summed E-state index contributed by atoms with van der Waals surface area (Å²) in [5.41, 5.74) is 0. The van der Waals surface area contributed by atoms with Gasteiger partial charge in [0.1, 0.15) is 0 Å². The molecule has 108 valence electrons. The van der Waals surface area contributed by atoms with Crippen molar-refractivity contribution in [2.24, 2.45) is 5.92 Å². The SMILES string of the molecule is CC(C)NCC(C)S(=O)(=O)NCC1CCSCC1. The van der Waals surface area contributed by atoms with E-state index in [4.69, 9.17) is 0 Å². The average molecular weight is 294 g/mol. The number of hydrogen-bond donors (Lipinski definition) is 2. The van der Waals surface area contributed by atoms with Crippen LogP contribution in [0.4, 0.5) is 0 Å². The first-order valence-corrected chi connectivity index (χ1v) is 9.41. The van der Waals surface area contributed by atoms with Crippen LogP contribution in [0.25, 0.3) is 0 Å². The van der Waals surface area contributed by atoms with Gasteiger partial charge >= 0.3 is 0 Å². The summed E-state index contributed by atoms with van der Waals surface area (Å²) in [5.74, 6) is 2.85. The molecule has 0 radical (unpaired) electrons. The Labute approximate surface area is 116 Å². The lowest BCUT2D eigenvalue weighted by Gasteiger charge is -2.23. The van der Waals surface area contributed by atoms with E-state index in [0.717, 1.165) is 24.3 Å². The maximum atomic E-state index is 12.0. The van der Waals surface area contributed by atoms with Crippen molar-refractivity contribution in [1.82, 2.24) is 10.0 Å². The molecule has 1 fully saturated rings. The Morgan fingerprint density at radius 3 is 2.39 bits per heavy atom. The Kier molecular flexibility index (Phi) is 6.98. The molecule has 0 aromatic carbocycles. The van der Waals surface area contributed by atoms with Crippen LogP contribution in [0.15, 0.2) is 0 Å². The molecule has 1 aliphatic heterocycles. The summed E-state index contributed by atoms with van der Waals surface area (Å²) in [7, 11) is -3.17. The van der Waals surface area contributed by atoms with Crippen molar-refractivity contribution >= 4 is 21.8 Å². The molecular weight excluding hydrogens is 268 g/mol. The van der Waals surface area contributed by atoms with Crippen LogP contribution in [-0.4, -0.2) is 44.3 Å². The predicted octanol–water partition coefficient (Wildman–Crippen LogP) is 1.44. The minimum atomic E-state index is -3.17. The van der Waals surface area contributed by atoms with Gasteiger partial charge in [-0.2, -0.15) is 11.8 Å². The van der Waals surface area contributed by atoms with Gasteiger partial charge in [-0.25, -0.2) is 13.1 Å². The maximum Gasteiger partial charge on any atom is 0.215 e. The number of hydrogen-bond acceptors (Lipinski definition) is 4. The summed E-state index contributed by atoms with van der Waals surface area (Å²) < 4.78 is 26.8. The first-order valence-electron chi connectivity index (χ1n) is 6.71. The fourth-order valence-electron chi connectivity index (χ4n) is 1.84. The molecule has 0 saturated carbocycles. The molecule has 18 heavy (non-hydrogen) atoms. The summed E-state index contributed by atoms with van der Waals surface area (Å²) in [6.07, 6.45) is 2.26. The molecule has 6 heteroatoms. The topological polar surface area (TPSA) is 58.2 Å². The van der Waals surface area contributed by atoms with E-state index >= 15 is 0 Å². The number of nitrogens with one attached hydrogen (secondary N) is 2. The highest BCUT2D eigenvalue weighted by molar-refractivity contribution is 7.99. The molecule has 1 rings (SSSR count). The van der Waals surface area contributed by atoms with E-state index < -0.39 is 10.0 Å². The third-order valence-corrected chi connectivity index (χ3v) is 6.10. The first kappa shape index (κ1) is 16.3. The van der Waals surface area contributed by atoms with Gasteiger partial charge in [0.15, 0.2) is 0 Å². The van der Waals surface area contributed by atoms with Gasteiger partial charge in [-0.1, -0.05) is 13.8 Å². The Balaban J connectivity index is 2.33. The molecule has 2 N–H and O–H groups in total. The monoisotopic (exact) mass is 294 g/mol. The summed E-state index contributed by atoms with van der Waals surface area (Å²) in [5, 5.41) is 2.79. The summed E-state index contributed by atoms with van der Waals surface area (Å²) >= 11 is 1.96. The van der Waals surface area contributed by atoms with Crippen LogP contribution < -0.4 is 10.0 Å². The fraction of sp³-hybridized carbons (Fsp3) is 1.00. The molecule has 0 aromatic rings. The van der Waals surface area contributed by atoms with Crippen LogP contribution in [0, 0.1) is 5.92 Å². The lowest BCUT2D eigenvalue weighted by molar-refractivity contribution is 0.472. The van der Waals surface area contributed by atoms with Crippen molar-refractivity contribution in [3.63, 3.8) is 0 Å². The van der Waals surface area contributed by atoms with Crippen molar-refractivity contribution < 1.29 is 8.42 Å². The van der Waals surface area contributed by atoms with Crippen LogP contribution in [0.5, 0.6) is 0 Å². The second-order valence-corrected chi connectivity index (χ2v) is 8.73. The standard InChI is InChI=1S/C12H26N2O2S2/c1-10(2)13-8-11(3)18(15,16)14-9-12-4-6-17-7-5-12/h10-14H,4-9H2,1-3H3. The lowest BCUT2D eigenvalue weighted by Crippen LogP contribution is -2.42.